The van der Waals surface area contributed by atoms with Gasteiger partial charge in [-0.15, -0.1) is 0 Å². The van der Waals surface area contributed by atoms with Gasteiger partial charge in [-0.3, -0.25) is 0 Å². The van der Waals surface area contributed by atoms with E-state index in [9.17, 15) is 0 Å². The fourth-order valence-corrected chi connectivity index (χ4v) is 8.25. The van der Waals surface area contributed by atoms with E-state index >= 15 is 0 Å². The molecule has 0 heterocycles. The molecule has 3 aromatic rings. The third-order valence-corrected chi connectivity index (χ3v) is 9.40. The molecule has 32 heavy (non-hydrogen) atoms. The Morgan fingerprint density at radius 2 is 1.09 bits per heavy atom. The molecule has 5 rings (SSSR count). The fraction of sp³-hybridized carbons (Fsp3) is 0.241. The van der Waals surface area contributed by atoms with Crippen LogP contribution < -0.4 is 14.7 Å². The minimum atomic E-state index is -0.424. The second-order valence-electron chi connectivity index (χ2n) is 8.18. The second kappa shape index (κ2) is 12.4. The Bertz CT molecular complexity index is 950. The van der Waals surface area contributed by atoms with Crippen molar-refractivity contribution in [3.8, 4) is 0 Å². The third kappa shape index (κ3) is 5.93. The molecule has 1 N–H and O–H groups in total. The molecule has 0 amide bonds. The van der Waals surface area contributed by atoms with E-state index in [2.05, 4.69) is 132 Å². The molecule has 2 aliphatic rings. The normalized spacial score (nSPS) is 21.6. The van der Waals surface area contributed by atoms with Crippen LogP contribution in [0.3, 0.4) is 0 Å². The summed E-state index contributed by atoms with van der Waals surface area (Å²) >= 11 is 2.96. The van der Waals surface area contributed by atoms with Gasteiger partial charge in [0.05, 0.1) is 0 Å². The van der Waals surface area contributed by atoms with Crippen molar-refractivity contribution in [3.63, 3.8) is 0 Å². The summed E-state index contributed by atoms with van der Waals surface area (Å²) in [5.41, 5.74) is 3.49. The maximum atomic E-state index is 3.50. The SMILES string of the molecule is C1=C\CC/C=C\CC/1.[Rh][NH][C@@H]1c2ccccc2C[C@H]1P(c1ccccc1)c1ccccc1. The molecular formula is C29H31NPRh. The van der Waals surface area contributed by atoms with Crippen LogP contribution in [-0.2, 0) is 25.0 Å². The van der Waals surface area contributed by atoms with E-state index in [-0.39, 0.29) is 0 Å². The summed E-state index contributed by atoms with van der Waals surface area (Å²) in [5.74, 6) is 0. The Hall–Kier alpha value is -1.85. The van der Waals surface area contributed by atoms with Crippen LogP contribution in [0.25, 0.3) is 0 Å². The van der Waals surface area contributed by atoms with Crippen LogP contribution in [0.1, 0.15) is 42.9 Å². The molecule has 0 aromatic heterocycles. The van der Waals surface area contributed by atoms with Gasteiger partial charge in [0.1, 0.15) is 0 Å². The first kappa shape index (κ1) is 23.3. The summed E-state index contributed by atoms with van der Waals surface area (Å²) in [6.45, 7) is 0. The number of nitrogens with one attached hydrogen (secondary N) is 1. The summed E-state index contributed by atoms with van der Waals surface area (Å²) < 4.78 is 3.50. The number of benzene rings is 3. The number of fused-ring (bicyclic) bond motifs is 1. The molecule has 2 atom stereocenters. The van der Waals surface area contributed by atoms with Gasteiger partial charge in [-0.2, -0.15) is 0 Å². The van der Waals surface area contributed by atoms with E-state index in [1.165, 1.54) is 47.4 Å². The van der Waals surface area contributed by atoms with Gasteiger partial charge in [0.25, 0.3) is 0 Å². The molecule has 0 bridgehead atoms. The zero-order valence-electron chi connectivity index (χ0n) is 18.4. The number of hydrogen-bond acceptors (Lipinski definition) is 1. The van der Waals surface area contributed by atoms with Crippen molar-refractivity contribution in [2.24, 2.45) is 0 Å². The molecule has 0 spiro atoms. The van der Waals surface area contributed by atoms with Gasteiger partial charge < -0.3 is 0 Å². The molecule has 3 aromatic carbocycles. The molecule has 0 aliphatic heterocycles. The summed E-state index contributed by atoms with van der Waals surface area (Å²) in [7, 11) is -0.424. The van der Waals surface area contributed by atoms with Crippen molar-refractivity contribution < 1.29 is 18.5 Å². The first-order valence-corrected chi connectivity index (χ1v) is 13.7. The van der Waals surface area contributed by atoms with Crippen LogP contribution in [0.15, 0.2) is 109 Å². The van der Waals surface area contributed by atoms with E-state index in [1.807, 2.05) is 0 Å². The van der Waals surface area contributed by atoms with Crippen molar-refractivity contribution in [3.05, 3.63) is 120 Å². The van der Waals surface area contributed by atoms with Gasteiger partial charge >= 0.3 is 155 Å². The van der Waals surface area contributed by atoms with Gasteiger partial charge in [0, 0.05) is 0 Å². The first-order valence-electron chi connectivity index (χ1n) is 11.5. The molecule has 166 valence electrons. The van der Waals surface area contributed by atoms with Crippen molar-refractivity contribution >= 4 is 18.5 Å². The van der Waals surface area contributed by atoms with E-state index < -0.39 is 7.92 Å². The van der Waals surface area contributed by atoms with Crippen LogP contribution >= 0.6 is 7.92 Å². The average molecular weight is 527 g/mol. The van der Waals surface area contributed by atoms with Crippen LogP contribution in [0.2, 0.25) is 0 Å². The number of rotatable bonds is 4. The first-order chi connectivity index (χ1) is 15.9. The molecule has 0 radical (unpaired) electrons. The molecule has 0 fully saturated rings. The van der Waals surface area contributed by atoms with E-state index in [4.69, 9.17) is 0 Å². The zero-order valence-corrected chi connectivity index (χ0v) is 20.9. The van der Waals surface area contributed by atoms with Crippen molar-refractivity contribution in [2.45, 2.75) is 43.8 Å². The fourth-order valence-electron chi connectivity index (χ4n) is 4.50. The van der Waals surface area contributed by atoms with Gasteiger partial charge in [0.15, 0.2) is 0 Å². The van der Waals surface area contributed by atoms with Crippen molar-refractivity contribution in [1.82, 2.24) is 4.06 Å². The van der Waals surface area contributed by atoms with E-state index in [1.54, 1.807) is 0 Å². The second-order valence-corrected chi connectivity index (χ2v) is 11.1. The van der Waals surface area contributed by atoms with Gasteiger partial charge in [0.2, 0.25) is 0 Å². The minimum absolute atomic E-state index is 0.375. The van der Waals surface area contributed by atoms with E-state index in [0.29, 0.717) is 11.7 Å². The molecule has 2 aliphatic carbocycles. The van der Waals surface area contributed by atoms with Gasteiger partial charge in [-0.25, -0.2) is 0 Å². The maximum absolute atomic E-state index is 3.50. The van der Waals surface area contributed by atoms with Gasteiger partial charge in [-0.1, -0.05) is 24.3 Å². The molecule has 0 saturated carbocycles. The summed E-state index contributed by atoms with van der Waals surface area (Å²) in [5, 5.41) is 2.91. The number of allylic oxidation sites excluding steroid dienone is 4. The molecule has 3 heteroatoms. The Morgan fingerprint density at radius 1 is 0.625 bits per heavy atom. The Balaban J connectivity index is 0.000000260. The molecule has 1 nitrogen and oxygen atoms in total. The van der Waals surface area contributed by atoms with Crippen LogP contribution in [0.4, 0.5) is 0 Å². The summed E-state index contributed by atoms with van der Waals surface area (Å²) in [4.78, 5) is 0. The average Bonchev–Trinajstić information content (AvgIpc) is 3.19. The Labute approximate surface area is 204 Å². The molecule has 0 unspecified atom stereocenters. The standard InChI is InChI=1S/C21H19NP.C8H12.Rh/c22-21-19-14-8-7-9-16(19)15-20(21)23(17-10-3-1-4-11-17)18-12-5-2-6-13-18;1-2-4-6-8-7-5-3-1;/h1-14,20-22H,15H2;1-2,7-8H,3-6H2;/q-1;;+1/b;2-1-,8-7-;/t20-,21-;;/m1../s1. The zero-order chi connectivity index (χ0) is 22.0. The van der Waals surface area contributed by atoms with Crippen LogP contribution in [-0.4, -0.2) is 5.66 Å². The molecule has 0 saturated heterocycles. The quantitative estimate of drug-likeness (QED) is 0.232. The molecular weight excluding hydrogens is 496 g/mol. The van der Waals surface area contributed by atoms with Crippen LogP contribution in [0, 0.1) is 0 Å². The Morgan fingerprint density at radius 3 is 1.59 bits per heavy atom. The van der Waals surface area contributed by atoms with Gasteiger partial charge in [-0.05, 0) is 25.7 Å². The monoisotopic (exact) mass is 527 g/mol. The summed E-state index contributed by atoms with van der Waals surface area (Å²) in [6, 6.07) is 31.3. The summed E-state index contributed by atoms with van der Waals surface area (Å²) in [6.07, 6.45) is 15.1. The third-order valence-electron chi connectivity index (χ3n) is 6.04. The van der Waals surface area contributed by atoms with Crippen molar-refractivity contribution in [2.75, 3.05) is 0 Å². The number of hydrogen-bond donors (Lipinski definition) is 1. The predicted octanol–water partition coefficient (Wildman–Crippen LogP) is 6.51. The van der Waals surface area contributed by atoms with Crippen molar-refractivity contribution in [1.29, 1.82) is 0 Å². The topological polar surface area (TPSA) is 12.0 Å². The Kier molecular flexibility index (Phi) is 9.04. The van der Waals surface area contributed by atoms with Crippen LogP contribution in [0.5, 0.6) is 0 Å². The predicted molar refractivity (Wildman–Crippen MR) is 136 cm³/mol. The van der Waals surface area contributed by atoms with E-state index in [0.717, 1.165) is 6.42 Å².